The first kappa shape index (κ1) is 22.8. The number of benzene rings is 2. The lowest BCUT2D eigenvalue weighted by atomic mass is 10.1. The van der Waals surface area contributed by atoms with Gasteiger partial charge in [-0.2, -0.15) is 0 Å². The van der Waals surface area contributed by atoms with E-state index in [0.717, 1.165) is 21.4 Å². The number of nitrogens with zero attached hydrogens (tertiary/aromatic N) is 1. The van der Waals surface area contributed by atoms with Crippen molar-refractivity contribution in [3.05, 3.63) is 69.2 Å². The fourth-order valence-corrected chi connectivity index (χ4v) is 4.05. The number of halogens is 2. The van der Waals surface area contributed by atoms with Gasteiger partial charge in [-0.3, -0.25) is 9.59 Å². The number of hydrogen-bond donors (Lipinski definition) is 1. The van der Waals surface area contributed by atoms with Crippen molar-refractivity contribution < 1.29 is 9.59 Å². The van der Waals surface area contributed by atoms with Gasteiger partial charge in [0.05, 0.1) is 5.75 Å². The Morgan fingerprint density at radius 3 is 2.29 bits per heavy atom. The fraction of sp³-hybridized carbons (Fsp3) is 0.333. The normalized spacial score (nSPS) is 11.7. The standard InChI is InChI=1S/C21H24BrClN2O2S/c1-3-19(21(27)24-2)25(12-15-6-10-18(23)11-7-15)20(26)14-28-13-16-4-8-17(22)9-5-16/h4-11,19H,3,12-14H2,1-2H3,(H,24,27)/t19-/m1/s1. The molecule has 0 fully saturated rings. The summed E-state index contributed by atoms with van der Waals surface area (Å²) in [5.41, 5.74) is 2.10. The highest BCUT2D eigenvalue weighted by atomic mass is 79.9. The van der Waals surface area contributed by atoms with Crippen LogP contribution in [-0.2, 0) is 21.9 Å². The maximum Gasteiger partial charge on any atom is 0.242 e. The topological polar surface area (TPSA) is 49.4 Å². The molecule has 0 aliphatic carbocycles. The molecule has 1 atom stereocenters. The molecule has 2 rings (SSSR count). The van der Waals surface area contributed by atoms with E-state index >= 15 is 0 Å². The molecule has 7 heteroatoms. The Balaban J connectivity index is 2.07. The maximum absolute atomic E-state index is 13.0. The van der Waals surface area contributed by atoms with Crippen LogP contribution in [0.3, 0.4) is 0 Å². The SMILES string of the molecule is CC[C@H](C(=O)NC)N(Cc1ccc(Cl)cc1)C(=O)CSCc1ccc(Br)cc1. The predicted octanol–water partition coefficient (Wildman–Crippen LogP) is 4.89. The van der Waals surface area contributed by atoms with E-state index in [-0.39, 0.29) is 11.8 Å². The van der Waals surface area contributed by atoms with Crippen LogP contribution < -0.4 is 5.32 Å². The molecule has 0 radical (unpaired) electrons. The smallest absolute Gasteiger partial charge is 0.242 e. The van der Waals surface area contributed by atoms with Gasteiger partial charge in [-0.15, -0.1) is 11.8 Å². The van der Waals surface area contributed by atoms with Gasteiger partial charge < -0.3 is 10.2 Å². The summed E-state index contributed by atoms with van der Waals surface area (Å²) >= 11 is 10.9. The Bertz CT molecular complexity index is 784. The number of amides is 2. The molecule has 2 aromatic rings. The summed E-state index contributed by atoms with van der Waals surface area (Å²) in [5, 5.41) is 3.31. The van der Waals surface area contributed by atoms with Crippen molar-refractivity contribution in [2.75, 3.05) is 12.8 Å². The lowest BCUT2D eigenvalue weighted by Gasteiger charge is -2.30. The van der Waals surface area contributed by atoms with Gasteiger partial charge in [0.2, 0.25) is 11.8 Å². The lowest BCUT2D eigenvalue weighted by molar-refractivity contribution is -0.139. The van der Waals surface area contributed by atoms with E-state index in [0.29, 0.717) is 23.7 Å². The Kier molecular flexibility index (Phi) is 9.35. The molecule has 0 spiro atoms. The predicted molar refractivity (Wildman–Crippen MR) is 120 cm³/mol. The van der Waals surface area contributed by atoms with Gasteiger partial charge >= 0.3 is 0 Å². The third-order valence-corrected chi connectivity index (χ3v) is 6.08. The largest absolute Gasteiger partial charge is 0.357 e. The van der Waals surface area contributed by atoms with E-state index in [1.165, 1.54) is 0 Å². The zero-order valence-electron chi connectivity index (χ0n) is 16.0. The van der Waals surface area contributed by atoms with E-state index in [4.69, 9.17) is 11.6 Å². The highest BCUT2D eigenvalue weighted by molar-refractivity contribution is 9.10. The Labute approximate surface area is 184 Å². The van der Waals surface area contributed by atoms with Gasteiger partial charge in [0.25, 0.3) is 0 Å². The first-order valence-electron chi connectivity index (χ1n) is 9.02. The lowest BCUT2D eigenvalue weighted by Crippen LogP contribution is -2.48. The average Bonchev–Trinajstić information content (AvgIpc) is 2.70. The molecule has 0 heterocycles. The summed E-state index contributed by atoms with van der Waals surface area (Å²) in [6.45, 7) is 2.29. The van der Waals surface area contributed by atoms with Crippen LogP contribution in [0.1, 0.15) is 24.5 Å². The summed E-state index contributed by atoms with van der Waals surface area (Å²) in [4.78, 5) is 27.0. The number of rotatable bonds is 9. The molecular formula is C21H24BrClN2O2S. The third-order valence-electron chi connectivity index (χ3n) is 4.31. The number of carbonyl (C=O) groups excluding carboxylic acids is 2. The molecule has 28 heavy (non-hydrogen) atoms. The molecule has 0 aromatic heterocycles. The number of carbonyl (C=O) groups is 2. The monoisotopic (exact) mass is 482 g/mol. The molecule has 0 saturated heterocycles. The van der Waals surface area contributed by atoms with Crippen LogP contribution in [0.15, 0.2) is 53.0 Å². The summed E-state index contributed by atoms with van der Waals surface area (Å²) in [6.07, 6.45) is 0.552. The van der Waals surface area contributed by atoms with E-state index in [1.54, 1.807) is 35.8 Å². The zero-order chi connectivity index (χ0) is 20.5. The van der Waals surface area contributed by atoms with Crippen LogP contribution in [0.5, 0.6) is 0 Å². The molecule has 0 saturated carbocycles. The molecular weight excluding hydrogens is 460 g/mol. The van der Waals surface area contributed by atoms with Crippen LogP contribution in [0.25, 0.3) is 0 Å². The van der Waals surface area contributed by atoms with E-state index in [9.17, 15) is 9.59 Å². The van der Waals surface area contributed by atoms with Gasteiger partial charge in [0.1, 0.15) is 6.04 Å². The van der Waals surface area contributed by atoms with Crippen LogP contribution in [0, 0.1) is 0 Å². The highest BCUT2D eigenvalue weighted by Gasteiger charge is 2.27. The van der Waals surface area contributed by atoms with Crippen molar-refractivity contribution in [2.45, 2.75) is 31.7 Å². The average molecular weight is 484 g/mol. The van der Waals surface area contributed by atoms with Crippen molar-refractivity contribution in [2.24, 2.45) is 0 Å². The van der Waals surface area contributed by atoms with E-state index < -0.39 is 6.04 Å². The maximum atomic E-state index is 13.0. The molecule has 0 unspecified atom stereocenters. The van der Waals surface area contributed by atoms with Crippen LogP contribution in [0.2, 0.25) is 5.02 Å². The number of nitrogens with one attached hydrogen (secondary N) is 1. The van der Waals surface area contributed by atoms with Crippen molar-refractivity contribution in [1.29, 1.82) is 0 Å². The third kappa shape index (κ3) is 6.83. The zero-order valence-corrected chi connectivity index (χ0v) is 19.1. The van der Waals surface area contributed by atoms with Gasteiger partial charge in [0, 0.05) is 28.8 Å². The molecule has 150 valence electrons. The van der Waals surface area contributed by atoms with E-state index in [2.05, 4.69) is 21.2 Å². The summed E-state index contributed by atoms with van der Waals surface area (Å²) < 4.78 is 1.03. The van der Waals surface area contributed by atoms with Crippen LogP contribution >= 0.6 is 39.3 Å². The van der Waals surface area contributed by atoms with Gasteiger partial charge in [-0.1, -0.05) is 58.7 Å². The second kappa shape index (κ2) is 11.5. The number of likely N-dealkylation sites (N-methyl/N-ethyl adjacent to an activating group) is 1. The molecule has 4 nitrogen and oxygen atoms in total. The first-order valence-corrected chi connectivity index (χ1v) is 11.3. The molecule has 0 aliphatic rings. The van der Waals surface area contributed by atoms with Crippen LogP contribution in [-0.4, -0.2) is 35.6 Å². The number of hydrogen-bond acceptors (Lipinski definition) is 3. The summed E-state index contributed by atoms with van der Waals surface area (Å²) in [7, 11) is 1.60. The summed E-state index contributed by atoms with van der Waals surface area (Å²) in [5.74, 6) is 0.858. The molecule has 2 amide bonds. The van der Waals surface area contributed by atoms with E-state index in [1.807, 2.05) is 43.3 Å². The first-order chi connectivity index (χ1) is 13.4. The number of thioether (sulfide) groups is 1. The second-order valence-corrected chi connectivity index (χ2v) is 8.64. The van der Waals surface area contributed by atoms with Crippen molar-refractivity contribution in [1.82, 2.24) is 10.2 Å². The molecule has 0 aliphatic heterocycles. The second-order valence-electron chi connectivity index (χ2n) is 6.31. The van der Waals surface area contributed by atoms with Crippen molar-refractivity contribution >= 4 is 51.1 Å². The Hall–Kier alpha value is -1.50. The minimum Gasteiger partial charge on any atom is -0.357 e. The fourth-order valence-electron chi connectivity index (χ4n) is 2.79. The van der Waals surface area contributed by atoms with Crippen molar-refractivity contribution in [3.8, 4) is 0 Å². The van der Waals surface area contributed by atoms with Gasteiger partial charge in [-0.25, -0.2) is 0 Å². The quantitative estimate of drug-likeness (QED) is 0.552. The highest BCUT2D eigenvalue weighted by Crippen LogP contribution is 2.19. The van der Waals surface area contributed by atoms with Crippen LogP contribution in [0.4, 0.5) is 0 Å². The molecule has 2 aromatic carbocycles. The Morgan fingerprint density at radius 2 is 1.71 bits per heavy atom. The molecule has 1 N–H and O–H groups in total. The molecule has 0 bridgehead atoms. The summed E-state index contributed by atoms with van der Waals surface area (Å²) in [6, 6.07) is 14.9. The van der Waals surface area contributed by atoms with Gasteiger partial charge in [-0.05, 0) is 41.8 Å². The minimum absolute atomic E-state index is 0.0486. The van der Waals surface area contributed by atoms with Crippen molar-refractivity contribution in [3.63, 3.8) is 0 Å². The van der Waals surface area contributed by atoms with Gasteiger partial charge in [0.15, 0.2) is 0 Å². The minimum atomic E-state index is -0.499. The Morgan fingerprint density at radius 1 is 1.11 bits per heavy atom.